The summed E-state index contributed by atoms with van der Waals surface area (Å²) >= 11 is 1.56. The molecular weight excluding hydrogens is 325 g/mol. The van der Waals surface area contributed by atoms with E-state index < -0.39 is 11.4 Å². The lowest BCUT2D eigenvalue weighted by Crippen LogP contribution is -2.59. The summed E-state index contributed by atoms with van der Waals surface area (Å²) in [6.07, 6.45) is 0. The minimum absolute atomic E-state index is 0.0347. The van der Waals surface area contributed by atoms with Crippen molar-refractivity contribution in [2.24, 2.45) is 5.92 Å². The lowest BCUT2D eigenvalue weighted by atomic mass is 9.82. The third-order valence-electron chi connectivity index (χ3n) is 4.83. The first kappa shape index (κ1) is 16.6. The molecule has 3 rings (SSSR count). The van der Waals surface area contributed by atoms with Gasteiger partial charge in [-0.3, -0.25) is 10.1 Å². The zero-order chi connectivity index (χ0) is 17.5. The highest BCUT2D eigenvalue weighted by atomic mass is 32.1. The molecule has 0 aliphatic carbocycles. The summed E-state index contributed by atoms with van der Waals surface area (Å²) in [5, 5.41) is 14.4. The van der Waals surface area contributed by atoms with Crippen molar-refractivity contribution in [2.75, 3.05) is 13.7 Å². The highest BCUT2D eigenvalue weighted by molar-refractivity contribution is 7.10. The summed E-state index contributed by atoms with van der Waals surface area (Å²) in [6, 6.07) is 8.42. The Morgan fingerprint density at radius 3 is 2.88 bits per heavy atom. The fraction of sp³-hybridized carbons (Fsp3) is 0.333. The van der Waals surface area contributed by atoms with Crippen molar-refractivity contribution >= 4 is 17.2 Å². The molecule has 24 heavy (non-hydrogen) atoms. The van der Waals surface area contributed by atoms with Crippen molar-refractivity contribution in [3.8, 4) is 17.2 Å². The summed E-state index contributed by atoms with van der Waals surface area (Å²) < 4.78 is 13.5. The van der Waals surface area contributed by atoms with Crippen molar-refractivity contribution in [3.63, 3.8) is 0 Å². The number of hydrogen-bond donors (Lipinski definition) is 1. The summed E-state index contributed by atoms with van der Waals surface area (Å²) in [7, 11) is 1.78. The van der Waals surface area contributed by atoms with Gasteiger partial charge in [0.1, 0.15) is 11.9 Å². The molecule has 0 radical (unpaired) electrons. The molecule has 6 heteroatoms. The Balaban J connectivity index is 1.96. The second-order valence-electron chi connectivity index (χ2n) is 6.30. The number of rotatable bonds is 2. The lowest BCUT2D eigenvalue weighted by molar-refractivity contribution is -0.141. The second kappa shape index (κ2) is 6.00. The molecule has 1 N–H and O–H groups in total. The molecule has 1 aliphatic heterocycles. The van der Waals surface area contributed by atoms with Gasteiger partial charge in [-0.1, -0.05) is 13.0 Å². The van der Waals surface area contributed by atoms with Gasteiger partial charge in [0, 0.05) is 11.9 Å². The number of carbonyl (C=O) groups is 1. The van der Waals surface area contributed by atoms with Crippen LogP contribution in [-0.2, 0) is 10.3 Å². The average molecular weight is 343 g/mol. The van der Waals surface area contributed by atoms with E-state index in [1.807, 2.05) is 31.4 Å². The largest absolute Gasteiger partial charge is 0.333 e. The fourth-order valence-electron chi connectivity index (χ4n) is 2.94. The number of amides is 1. The smallest absolute Gasteiger partial charge is 0.228 e. The molecule has 2 heterocycles. The Labute approximate surface area is 144 Å². The van der Waals surface area contributed by atoms with E-state index in [-0.39, 0.29) is 17.4 Å². The van der Waals surface area contributed by atoms with Gasteiger partial charge in [0.05, 0.1) is 23.7 Å². The maximum atomic E-state index is 13.5. The maximum absolute atomic E-state index is 13.5. The zero-order valence-corrected chi connectivity index (χ0v) is 14.6. The van der Waals surface area contributed by atoms with Gasteiger partial charge in [0.15, 0.2) is 0 Å². The van der Waals surface area contributed by atoms with Gasteiger partial charge < -0.3 is 4.90 Å². The molecule has 4 nitrogen and oxygen atoms in total. The molecule has 1 aromatic heterocycles. The van der Waals surface area contributed by atoms with Crippen LogP contribution < -0.4 is 5.32 Å². The molecule has 1 aliphatic rings. The van der Waals surface area contributed by atoms with Gasteiger partial charge in [-0.05, 0) is 41.6 Å². The van der Waals surface area contributed by atoms with E-state index in [2.05, 4.69) is 5.32 Å². The van der Waals surface area contributed by atoms with Crippen LogP contribution in [-0.4, -0.2) is 24.5 Å². The molecule has 1 fully saturated rings. The number of carbonyl (C=O) groups excluding carboxylic acids is 1. The maximum Gasteiger partial charge on any atom is 0.228 e. The van der Waals surface area contributed by atoms with Crippen LogP contribution in [0.15, 0.2) is 29.6 Å². The first-order valence-electron chi connectivity index (χ1n) is 7.66. The van der Waals surface area contributed by atoms with Gasteiger partial charge in [0.25, 0.3) is 0 Å². The van der Waals surface area contributed by atoms with Crippen LogP contribution >= 0.6 is 11.3 Å². The SMILES string of the molecule is C[C@@H]1C(=O)N(C)CN[C@]1(C)c1cc(-c2ccc(F)c(C#N)c2)cs1. The number of nitrogens with zero attached hydrogens (tertiary/aromatic N) is 2. The Bertz CT molecular complexity index is 841. The van der Waals surface area contributed by atoms with Gasteiger partial charge >= 0.3 is 0 Å². The molecule has 2 aromatic rings. The van der Waals surface area contributed by atoms with Crippen molar-refractivity contribution in [1.29, 1.82) is 5.26 Å². The van der Waals surface area contributed by atoms with Crippen LogP contribution in [0.3, 0.4) is 0 Å². The number of nitrogens with one attached hydrogen (secondary N) is 1. The lowest BCUT2D eigenvalue weighted by Gasteiger charge is -2.43. The number of nitriles is 1. The van der Waals surface area contributed by atoms with Crippen LogP contribution in [0.25, 0.3) is 11.1 Å². The standard InChI is InChI=1S/C18H18FN3OS/c1-11-17(23)22(3)10-21-18(11,2)16-7-14(9-24-16)12-4-5-15(19)13(6-12)8-20/h4-7,9,11,21H,10H2,1-3H3/t11-,18+/m1/s1. The highest BCUT2D eigenvalue weighted by Crippen LogP contribution is 2.39. The van der Waals surface area contributed by atoms with Gasteiger partial charge in [-0.2, -0.15) is 5.26 Å². The van der Waals surface area contributed by atoms with E-state index in [9.17, 15) is 9.18 Å². The van der Waals surface area contributed by atoms with Crippen LogP contribution in [0.1, 0.15) is 24.3 Å². The summed E-state index contributed by atoms with van der Waals surface area (Å²) in [6.45, 7) is 4.46. The minimum Gasteiger partial charge on any atom is -0.333 e. The zero-order valence-electron chi connectivity index (χ0n) is 13.8. The van der Waals surface area contributed by atoms with E-state index in [0.717, 1.165) is 16.0 Å². The van der Waals surface area contributed by atoms with E-state index in [1.54, 1.807) is 35.4 Å². The first-order valence-corrected chi connectivity index (χ1v) is 8.54. The van der Waals surface area contributed by atoms with Crippen molar-refractivity contribution in [1.82, 2.24) is 10.2 Å². The Kier molecular flexibility index (Phi) is 4.16. The second-order valence-corrected chi connectivity index (χ2v) is 7.21. The van der Waals surface area contributed by atoms with Crippen LogP contribution in [0, 0.1) is 23.1 Å². The molecule has 0 saturated carbocycles. The molecule has 0 spiro atoms. The van der Waals surface area contributed by atoms with E-state index in [0.29, 0.717) is 6.67 Å². The van der Waals surface area contributed by atoms with Crippen LogP contribution in [0.2, 0.25) is 0 Å². The topological polar surface area (TPSA) is 56.1 Å². The number of halogens is 1. The molecule has 1 amide bonds. The average Bonchev–Trinajstić information content (AvgIpc) is 3.08. The monoisotopic (exact) mass is 343 g/mol. The van der Waals surface area contributed by atoms with E-state index in [1.165, 1.54) is 6.07 Å². The third-order valence-corrected chi connectivity index (χ3v) is 6.00. The van der Waals surface area contributed by atoms with E-state index in [4.69, 9.17) is 5.26 Å². The normalized spacial score (nSPS) is 24.0. The van der Waals surface area contributed by atoms with Crippen LogP contribution in [0.4, 0.5) is 4.39 Å². The fourth-order valence-corrected chi connectivity index (χ4v) is 4.09. The molecule has 2 atom stereocenters. The molecule has 1 aromatic carbocycles. The van der Waals surface area contributed by atoms with Gasteiger partial charge in [-0.15, -0.1) is 11.3 Å². The van der Waals surface area contributed by atoms with Gasteiger partial charge in [-0.25, -0.2) is 4.39 Å². The summed E-state index contributed by atoms with van der Waals surface area (Å²) in [5.41, 5.74) is 1.32. The molecule has 0 bridgehead atoms. The molecule has 124 valence electrons. The predicted octanol–water partition coefficient (Wildman–Crippen LogP) is 3.30. The Hall–Kier alpha value is -2.23. The minimum atomic E-state index is -0.514. The third kappa shape index (κ3) is 2.60. The Morgan fingerprint density at radius 2 is 2.17 bits per heavy atom. The first-order chi connectivity index (χ1) is 11.4. The van der Waals surface area contributed by atoms with Crippen molar-refractivity contribution in [3.05, 3.63) is 45.9 Å². The number of thiophene rings is 1. The molecule has 0 unspecified atom stereocenters. The molecule has 1 saturated heterocycles. The quantitative estimate of drug-likeness (QED) is 0.910. The van der Waals surface area contributed by atoms with Crippen molar-refractivity contribution in [2.45, 2.75) is 19.4 Å². The van der Waals surface area contributed by atoms with Crippen LogP contribution in [0.5, 0.6) is 0 Å². The summed E-state index contributed by atoms with van der Waals surface area (Å²) in [5.74, 6) is -0.592. The number of hydrogen-bond acceptors (Lipinski definition) is 4. The Morgan fingerprint density at radius 1 is 1.42 bits per heavy atom. The van der Waals surface area contributed by atoms with Gasteiger partial charge in [0.2, 0.25) is 5.91 Å². The highest BCUT2D eigenvalue weighted by Gasteiger charge is 2.43. The van der Waals surface area contributed by atoms with Crippen molar-refractivity contribution < 1.29 is 9.18 Å². The summed E-state index contributed by atoms with van der Waals surface area (Å²) in [4.78, 5) is 15.1. The molecular formula is C18H18FN3OS. The number of benzene rings is 1. The predicted molar refractivity (Wildman–Crippen MR) is 91.7 cm³/mol. The van der Waals surface area contributed by atoms with E-state index >= 15 is 0 Å².